The fraction of sp³-hybridized carbons (Fsp3) is 0. The van der Waals surface area contributed by atoms with E-state index in [-0.39, 0.29) is 0 Å². The van der Waals surface area contributed by atoms with Crippen molar-refractivity contribution >= 4 is 28.1 Å². The Labute approximate surface area is 89.7 Å². The minimum atomic E-state index is -0.564. The molecule has 3 rings (SSSR count). The summed E-state index contributed by atoms with van der Waals surface area (Å²) in [6.07, 6.45) is 4.59. The number of benzene rings is 1. The van der Waals surface area contributed by atoms with Crippen LogP contribution in [-0.2, 0) is 0 Å². The van der Waals surface area contributed by atoms with Crippen LogP contribution in [0.15, 0.2) is 30.9 Å². The molecule has 1 amide bonds. The van der Waals surface area contributed by atoms with E-state index in [1.807, 2.05) is 0 Å². The number of rotatable bonds is 0. The number of primary amides is 1. The van der Waals surface area contributed by atoms with Crippen molar-refractivity contribution in [1.82, 2.24) is 19.5 Å². The van der Waals surface area contributed by atoms with Crippen molar-refractivity contribution in [1.29, 1.82) is 0 Å². The topological polar surface area (TPSA) is 86.7 Å². The van der Waals surface area contributed by atoms with Crippen molar-refractivity contribution in [2.45, 2.75) is 0 Å². The smallest absolute Gasteiger partial charge is 0.324 e. The first-order chi connectivity index (χ1) is 7.77. The van der Waals surface area contributed by atoms with Crippen LogP contribution in [0.5, 0.6) is 0 Å². The second-order valence-electron chi connectivity index (χ2n) is 3.31. The minimum absolute atomic E-state index is 0.564. The molecule has 0 saturated carbocycles. The van der Waals surface area contributed by atoms with Gasteiger partial charge in [0.05, 0.1) is 11.0 Å². The molecule has 3 aromatic rings. The number of aromatic nitrogens is 4. The van der Waals surface area contributed by atoms with Gasteiger partial charge in [0.25, 0.3) is 0 Å². The lowest BCUT2D eigenvalue weighted by atomic mass is 10.2. The molecule has 0 aliphatic carbocycles. The number of amides is 1. The number of carbonyl (C=O) groups is 1. The molecule has 6 nitrogen and oxygen atoms in total. The molecule has 78 valence electrons. The fourth-order valence-corrected chi connectivity index (χ4v) is 1.69. The molecule has 0 saturated heterocycles. The van der Waals surface area contributed by atoms with E-state index in [1.54, 1.807) is 24.5 Å². The van der Waals surface area contributed by atoms with Gasteiger partial charge in [-0.25, -0.2) is 9.78 Å². The van der Waals surface area contributed by atoms with Gasteiger partial charge in [-0.1, -0.05) is 0 Å². The highest BCUT2D eigenvalue weighted by Gasteiger charge is 2.10. The Morgan fingerprint density at radius 3 is 2.75 bits per heavy atom. The van der Waals surface area contributed by atoms with Crippen molar-refractivity contribution in [3.63, 3.8) is 0 Å². The van der Waals surface area contributed by atoms with E-state index >= 15 is 0 Å². The Hall–Kier alpha value is -2.50. The van der Waals surface area contributed by atoms with Gasteiger partial charge in [-0.15, -0.1) is 0 Å². The number of nitrogens with two attached hydrogens (primary N) is 1. The molecule has 2 N–H and O–H groups in total. The Balaban J connectivity index is 2.49. The molecular formula is C10H7N5O. The van der Waals surface area contributed by atoms with Gasteiger partial charge in [-0.2, -0.15) is 0 Å². The van der Waals surface area contributed by atoms with Crippen LogP contribution in [0, 0.1) is 0 Å². The number of imidazole rings is 1. The summed E-state index contributed by atoms with van der Waals surface area (Å²) in [5, 5.41) is 0. The van der Waals surface area contributed by atoms with Gasteiger partial charge in [0, 0.05) is 12.4 Å². The summed E-state index contributed by atoms with van der Waals surface area (Å²) < 4.78 is 1.28. The first-order valence-corrected chi connectivity index (χ1v) is 4.64. The van der Waals surface area contributed by atoms with Crippen molar-refractivity contribution in [2.75, 3.05) is 0 Å². The Bertz CT molecular complexity index is 703. The van der Waals surface area contributed by atoms with E-state index in [1.165, 1.54) is 10.9 Å². The zero-order chi connectivity index (χ0) is 11.1. The summed E-state index contributed by atoms with van der Waals surface area (Å²) in [6, 6.07) is 2.97. The number of hydrogen-bond donors (Lipinski definition) is 1. The molecule has 0 aliphatic rings. The van der Waals surface area contributed by atoms with Crippen molar-refractivity contribution < 1.29 is 4.79 Å². The molecule has 2 aromatic heterocycles. The molecule has 0 bridgehead atoms. The Kier molecular flexibility index (Phi) is 1.64. The van der Waals surface area contributed by atoms with Crippen LogP contribution < -0.4 is 5.73 Å². The molecule has 0 unspecified atom stereocenters. The Morgan fingerprint density at radius 1 is 1.12 bits per heavy atom. The standard InChI is InChI=1S/C10H7N5O/c11-10(16)15-5-14-9-7(15)2-1-6-8(9)13-4-3-12-6/h1-5H,(H2,11,16). The minimum Gasteiger partial charge on any atom is -0.351 e. The maximum atomic E-state index is 11.1. The molecule has 0 fully saturated rings. The first kappa shape index (κ1) is 8.78. The average molecular weight is 213 g/mol. The number of carbonyl (C=O) groups excluding carboxylic acids is 1. The van der Waals surface area contributed by atoms with Crippen molar-refractivity contribution in [3.05, 3.63) is 30.9 Å². The zero-order valence-electron chi connectivity index (χ0n) is 8.16. The fourth-order valence-electron chi connectivity index (χ4n) is 1.69. The van der Waals surface area contributed by atoms with Crippen LogP contribution in [-0.4, -0.2) is 25.6 Å². The lowest BCUT2D eigenvalue weighted by Crippen LogP contribution is -2.18. The zero-order valence-corrected chi connectivity index (χ0v) is 8.16. The third-order valence-corrected chi connectivity index (χ3v) is 2.39. The third-order valence-electron chi connectivity index (χ3n) is 2.39. The largest absolute Gasteiger partial charge is 0.351 e. The van der Waals surface area contributed by atoms with E-state index < -0.39 is 6.03 Å². The molecule has 2 heterocycles. The molecule has 0 radical (unpaired) electrons. The van der Waals surface area contributed by atoms with E-state index in [0.29, 0.717) is 16.6 Å². The monoisotopic (exact) mass is 213 g/mol. The van der Waals surface area contributed by atoms with Crippen LogP contribution in [0.1, 0.15) is 0 Å². The normalized spacial score (nSPS) is 11.0. The van der Waals surface area contributed by atoms with Crippen LogP contribution in [0.4, 0.5) is 4.79 Å². The van der Waals surface area contributed by atoms with Gasteiger partial charge in [0.15, 0.2) is 0 Å². The van der Waals surface area contributed by atoms with Gasteiger partial charge in [-0.05, 0) is 12.1 Å². The van der Waals surface area contributed by atoms with Crippen LogP contribution >= 0.6 is 0 Å². The molecule has 6 heteroatoms. The third kappa shape index (κ3) is 1.07. The molecule has 0 aliphatic heterocycles. The number of hydrogen-bond acceptors (Lipinski definition) is 4. The molecular weight excluding hydrogens is 206 g/mol. The van der Waals surface area contributed by atoms with E-state index in [4.69, 9.17) is 5.73 Å². The van der Waals surface area contributed by atoms with Crippen LogP contribution in [0.3, 0.4) is 0 Å². The van der Waals surface area contributed by atoms with Crippen LogP contribution in [0.2, 0.25) is 0 Å². The number of fused-ring (bicyclic) bond motifs is 3. The highest BCUT2D eigenvalue weighted by molar-refractivity contribution is 6.02. The summed E-state index contributed by atoms with van der Waals surface area (Å²) in [4.78, 5) is 23.6. The molecule has 0 atom stereocenters. The van der Waals surface area contributed by atoms with Crippen molar-refractivity contribution in [2.24, 2.45) is 5.73 Å². The van der Waals surface area contributed by atoms with Gasteiger partial charge in [-0.3, -0.25) is 14.5 Å². The van der Waals surface area contributed by atoms with E-state index in [0.717, 1.165) is 5.52 Å². The van der Waals surface area contributed by atoms with Crippen LogP contribution in [0.25, 0.3) is 22.1 Å². The maximum absolute atomic E-state index is 11.1. The van der Waals surface area contributed by atoms with E-state index in [9.17, 15) is 4.79 Å². The first-order valence-electron chi connectivity index (χ1n) is 4.64. The maximum Gasteiger partial charge on any atom is 0.324 e. The second-order valence-corrected chi connectivity index (χ2v) is 3.31. The predicted molar refractivity (Wildman–Crippen MR) is 57.8 cm³/mol. The molecule has 16 heavy (non-hydrogen) atoms. The van der Waals surface area contributed by atoms with E-state index in [2.05, 4.69) is 15.0 Å². The molecule has 1 aromatic carbocycles. The highest BCUT2D eigenvalue weighted by atomic mass is 16.2. The van der Waals surface area contributed by atoms with Crippen molar-refractivity contribution in [3.8, 4) is 0 Å². The summed E-state index contributed by atoms with van der Waals surface area (Å²) >= 11 is 0. The quantitative estimate of drug-likeness (QED) is 0.601. The SMILES string of the molecule is NC(=O)n1cnc2c3nccnc3ccc21. The summed E-state index contributed by atoms with van der Waals surface area (Å²) in [6.45, 7) is 0. The number of nitrogens with zero attached hydrogens (tertiary/aromatic N) is 4. The second kappa shape index (κ2) is 2.99. The summed E-state index contributed by atoms with van der Waals surface area (Å²) in [5.74, 6) is 0. The average Bonchev–Trinajstić information content (AvgIpc) is 2.73. The van der Waals surface area contributed by atoms with Gasteiger partial charge in [0.2, 0.25) is 0 Å². The van der Waals surface area contributed by atoms with Gasteiger partial charge >= 0.3 is 6.03 Å². The van der Waals surface area contributed by atoms with Gasteiger partial charge in [0.1, 0.15) is 17.4 Å². The highest BCUT2D eigenvalue weighted by Crippen LogP contribution is 2.20. The Morgan fingerprint density at radius 2 is 1.94 bits per heavy atom. The lowest BCUT2D eigenvalue weighted by Gasteiger charge is -1.98. The lowest BCUT2D eigenvalue weighted by molar-refractivity contribution is 0.251. The summed E-state index contributed by atoms with van der Waals surface area (Å²) in [7, 11) is 0. The summed E-state index contributed by atoms with van der Waals surface area (Å²) in [5.41, 5.74) is 7.89. The molecule has 0 spiro atoms. The predicted octanol–water partition coefficient (Wildman–Crippen LogP) is 0.906. The van der Waals surface area contributed by atoms with Gasteiger partial charge < -0.3 is 5.73 Å².